The summed E-state index contributed by atoms with van der Waals surface area (Å²) in [5, 5.41) is 0. The predicted octanol–water partition coefficient (Wildman–Crippen LogP) is 3.88. The zero-order valence-corrected chi connectivity index (χ0v) is 9.47. The molecule has 0 amide bonds. The summed E-state index contributed by atoms with van der Waals surface area (Å²) in [6.45, 7) is 8.12. The van der Waals surface area contributed by atoms with E-state index in [1.807, 2.05) is 12.1 Å². The maximum Gasteiger partial charge on any atom is 0.101 e. The second-order valence-electron chi connectivity index (χ2n) is 4.94. The van der Waals surface area contributed by atoms with Gasteiger partial charge in [0.2, 0.25) is 0 Å². The van der Waals surface area contributed by atoms with Gasteiger partial charge in [0.15, 0.2) is 0 Å². The second kappa shape index (κ2) is 4.12. The number of halogens is 1. The molecule has 0 saturated carbocycles. The van der Waals surface area contributed by atoms with Gasteiger partial charge in [-0.05, 0) is 23.5 Å². The molecule has 1 rings (SSSR count). The molecular formula is C13H19F. The summed E-state index contributed by atoms with van der Waals surface area (Å²) >= 11 is 0. The summed E-state index contributed by atoms with van der Waals surface area (Å²) in [4.78, 5) is 0. The highest BCUT2D eigenvalue weighted by Gasteiger charge is 2.13. The molecule has 0 nitrogen and oxygen atoms in total. The molecule has 14 heavy (non-hydrogen) atoms. The van der Waals surface area contributed by atoms with Crippen molar-refractivity contribution < 1.29 is 4.39 Å². The average Bonchev–Trinajstić information content (AvgIpc) is 2.01. The number of benzene rings is 1. The second-order valence-corrected chi connectivity index (χ2v) is 4.94. The summed E-state index contributed by atoms with van der Waals surface area (Å²) < 4.78 is 12.8. The quantitative estimate of drug-likeness (QED) is 0.670. The van der Waals surface area contributed by atoms with Crippen LogP contribution in [0.2, 0.25) is 0 Å². The zero-order valence-electron chi connectivity index (χ0n) is 9.47. The third-order valence-corrected chi connectivity index (χ3v) is 2.31. The van der Waals surface area contributed by atoms with Gasteiger partial charge in [-0.25, -0.2) is 4.39 Å². The zero-order chi connectivity index (χ0) is 10.8. The van der Waals surface area contributed by atoms with Gasteiger partial charge in [0, 0.05) is 6.42 Å². The largest absolute Gasteiger partial charge is 0.247 e. The van der Waals surface area contributed by atoms with E-state index in [0.717, 1.165) is 5.56 Å². The highest BCUT2D eigenvalue weighted by Crippen LogP contribution is 2.23. The topological polar surface area (TPSA) is 0 Å². The molecule has 0 bridgehead atoms. The van der Waals surface area contributed by atoms with Crippen LogP contribution in [-0.4, -0.2) is 6.17 Å². The third-order valence-electron chi connectivity index (χ3n) is 2.31. The number of rotatable bonds is 2. The summed E-state index contributed by atoms with van der Waals surface area (Å²) in [6, 6.07) is 8.21. The van der Waals surface area contributed by atoms with Gasteiger partial charge in [0.25, 0.3) is 0 Å². The Morgan fingerprint density at radius 2 is 1.93 bits per heavy atom. The molecule has 0 spiro atoms. The van der Waals surface area contributed by atoms with Crippen LogP contribution in [0.15, 0.2) is 24.3 Å². The van der Waals surface area contributed by atoms with Gasteiger partial charge >= 0.3 is 0 Å². The Morgan fingerprint density at radius 1 is 1.29 bits per heavy atom. The fraction of sp³-hybridized carbons (Fsp3) is 0.538. The standard InChI is InChI=1S/C13H19F/c1-10(14)8-11-6-5-7-12(9-11)13(2,3)4/h5-7,9-10H,8H2,1-4H3. The fourth-order valence-corrected chi connectivity index (χ4v) is 1.49. The lowest BCUT2D eigenvalue weighted by Crippen LogP contribution is -2.11. The van der Waals surface area contributed by atoms with E-state index < -0.39 is 6.17 Å². The highest BCUT2D eigenvalue weighted by molar-refractivity contribution is 5.28. The molecule has 1 unspecified atom stereocenters. The van der Waals surface area contributed by atoms with Crippen molar-refractivity contribution in [3.8, 4) is 0 Å². The van der Waals surface area contributed by atoms with Crippen LogP contribution >= 0.6 is 0 Å². The first kappa shape index (κ1) is 11.2. The van der Waals surface area contributed by atoms with Crippen molar-refractivity contribution in [1.29, 1.82) is 0 Å². The molecule has 0 fully saturated rings. The van der Waals surface area contributed by atoms with Crippen LogP contribution in [0.4, 0.5) is 4.39 Å². The molecular weight excluding hydrogens is 175 g/mol. The van der Waals surface area contributed by atoms with Gasteiger partial charge in [-0.2, -0.15) is 0 Å². The van der Waals surface area contributed by atoms with Gasteiger partial charge in [-0.1, -0.05) is 45.0 Å². The molecule has 1 aromatic carbocycles. The van der Waals surface area contributed by atoms with E-state index in [1.54, 1.807) is 6.92 Å². The van der Waals surface area contributed by atoms with Crippen molar-refractivity contribution >= 4 is 0 Å². The monoisotopic (exact) mass is 194 g/mol. The van der Waals surface area contributed by atoms with E-state index in [4.69, 9.17) is 0 Å². The first-order chi connectivity index (χ1) is 6.39. The van der Waals surface area contributed by atoms with Gasteiger partial charge < -0.3 is 0 Å². The maximum absolute atomic E-state index is 12.8. The van der Waals surface area contributed by atoms with Crippen LogP contribution in [0.1, 0.15) is 38.8 Å². The lowest BCUT2D eigenvalue weighted by atomic mass is 9.86. The Morgan fingerprint density at radius 3 is 2.43 bits per heavy atom. The van der Waals surface area contributed by atoms with Crippen LogP contribution in [0.5, 0.6) is 0 Å². The molecule has 1 atom stereocenters. The first-order valence-corrected chi connectivity index (χ1v) is 5.13. The van der Waals surface area contributed by atoms with Gasteiger partial charge in [-0.15, -0.1) is 0 Å². The normalized spacial score (nSPS) is 14.1. The molecule has 0 radical (unpaired) electrons. The highest BCUT2D eigenvalue weighted by atomic mass is 19.1. The van der Waals surface area contributed by atoms with Crippen molar-refractivity contribution in [1.82, 2.24) is 0 Å². The van der Waals surface area contributed by atoms with Crippen molar-refractivity contribution in [3.63, 3.8) is 0 Å². The van der Waals surface area contributed by atoms with Crippen LogP contribution in [0.25, 0.3) is 0 Å². The summed E-state index contributed by atoms with van der Waals surface area (Å²) in [5.41, 5.74) is 2.51. The van der Waals surface area contributed by atoms with Gasteiger partial charge in [0.05, 0.1) is 0 Å². The average molecular weight is 194 g/mol. The minimum absolute atomic E-state index is 0.148. The Hall–Kier alpha value is -0.850. The smallest absolute Gasteiger partial charge is 0.101 e. The molecule has 0 heterocycles. The van der Waals surface area contributed by atoms with E-state index in [1.165, 1.54) is 5.56 Å². The Labute approximate surface area is 86.2 Å². The van der Waals surface area contributed by atoms with E-state index in [-0.39, 0.29) is 5.41 Å². The molecule has 0 aliphatic heterocycles. The molecule has 0 aromatic heterocycles. The number of alkyl halides is 1. The van der Waals surface area contributed by atoms with Crippen LogP contribution < -0.4 is 0 Å². The summed E-state index contributed by atoms with van der Waals surface area (Å²) in [7, 11) is 0. The lowest BCUT2D eigenvalue weighted by molar-refractivity contribution is 0.360. The minimum atomic E-state index is -0.759. The molecule has 1 heteroatoms. The molecule has 0 N–H and O–H groups in total. The van der Waals surface area contributed by atoms with E-state index in [9.17, 15) is 4.39 Å². The summed E-state index contributed by atoms with van der Waals surface area (Å²) in [5.74, 6) is 0. The maximum atomic E-state index is 12.8. The molecule has 1 aromatic rings. The third kappa shape index (κ3) is 3.13. The van der Waals surface area contributed by atoms with Crippen LogP contribution in [-0.2, 0) is 11.8 Å². The van der Waals surface area contributed by atoms with Gasteiger partial charge in [-0.3, -0.25) is 0 Å². The van der Waals surface area contributed by atoms with Crippen molar-refractivity contribution in [2.75, 3.05) is 0 Å². The summed E-state index contributed by atoms with van der Waals surface area (Å²) in [6.07, 6.45) is -0.241. The number of hydrogen-bond acceptors (Lipinski definition) is 0. The predicted molar refractivity (Wildman–Crippen MR) is 59.4 cm³/mol. The minimum Gasteiger partial charge on any atom is -0.247 e. The van der Waals surface area contributed by atoms with E-state index in [2.05, 4.69) is 32.9 Å². The Bertz CT molecular complexity index is 294. The molecule has 0 aliphatic carbocycles. The van der Waals surface area contributed by atoms with Crippen molar-refractivity contribution in [3.05, 3.63) is 35.4 Å². The SMILES string of the molecule is CC(F)Cc1cccc(C(C)(C)C)c1. The Balaban J connectivity index is 2.90. The first-order valence-electron chi connectivity index (χ1n) is 5.13. The van der Waals surface area contributed by atoms with Crippen molar-refractivity contribution in [2.45, 2.75) is 45.7 Å². The van der Waals surface area contributed by atoms with Crippen LogP contribution in [0, 0.1) is 0 Å². The van der Waals surface area contributed by atoms with E-state index in [0.29, 0.717) is 6.42 Å². The van der Waals surface area contributed by atoms with Crippen LogP contribution in [0.3, 0.4) is 0 Å². The lowest BCUT2D eigenvalue weighted by Gasteiger charge is -2.19. The van der Waals surface area contributed by atoms with E-state index >= 15 is 0 Å². The molecule has 0 saturated heterocycles. The fourth-order valence-electron chi connectivity index (χ4n) is 1.49. The number of hydrogen-bond donors (Lipinski definition) is 0. The van der Waals surface area contributed by atoms with Gasteiger partial charge in [0.1, 0.15) is 6.17 Å². The molecule has 78 valence electrons. The Kier molecular flexibility index (Phi) is 3.30. The molecule has 0 aliphatic rings. The van der Waals surface area contributed by atoms with Crippen molar-refractivity contribution in [2.24, 2.45) is 0 Å².